The fourth-order valence-electron chi connectivity index (χ4n) is 7.76. The van der Waals surface area contributed by atoms with Crippen LogP contribution in [0.3, 0.4) is 0 Å². The summed E-state index contributed by atoms with van der Waals surface area (Å²) in [5.74, 6) is -0.338. The molecule has 0 aromatic rings. The molecule has 0 saturated heterocycles. The van der Waals surface area contributed by atoms with E-state index in [9.17, 15) is 0 Å². The van der Waals surface area contributed by atoms with Crippen LogP contribution in [-0.4, -0.2) is 48.3 Å². The third kappa shape index (κ3) is 28.5. The smallest absolute Gasteiger partial charge is 0.125 e. The first kappa shape index (κ1) is 47.8. The molecule has 0 heterocycles. The predicted molar refractivity (Wildman–Crippen MR) is 219 cm³/mol. The Kier molecular flexibility index (Phi) is 38.0. The monoisotopic (exact) mass is 679 g/mol. The van der Waals surface area contributed by atoms with Crippen molar-refractivity contribution in [3.63, 3.8) is 0 Å². The normalized spacial score (nSPS) is 13.2. The molecule has 0 saturated carbocycles. The van der Waals surface area contributed by atoms with Crippen LogP contribution < -0.4 is 11.5 Å². The van der Waals surface area contributed by atoms with Crippen molar-refractivity contribution in [3.8, 4) is 0 Å². The Morgan fingerprint density at radius 3 is 0.812 bits per heavy atom. The summed E-state index contributed by atoms with van der Waals surface area (Å²) >= 11 is 0. The van der Waals surface area contributed by atoms with Crippen molar-refractivity contribution in [1.29, 1.82) is 0 Å². The molecule has 290 valence electrons. The van der Waals surface area contributed by atoms with Crippen molar-refractivity contribution in [3.05, 3.63) is 0 Å². The molecule has 0 aliphatic carbocycles. The van der Waals surface area contributed by atoms with Gasteiger partial charge in [0.05, 0.1) is 0 Å². The van der Waals surface area contributed by atoms with E-state index in [2.05, 4.69) is 37.5 Å². The van der Waals surface area contributed by atoms with Gasteiger partial charge in [0.1, 0.15) is 5.79 Å². The Bertz CT molecular complexity index is 562. The topological polar surface area (TPSA) is 58.5 Å². The van der Waals surface area contributed by atoms with Crippen molar-refractivity contribution < 1.29 is 0 Å². The molecule has 0 rings (SSSR count). The second-order valence-electron chi connectivity index (χ2n) is 15.5. The molecule has 1 atom stereocenters. The van der Waals surface area contributed by atoms with Gasteiger partial charge >= 0.3 is 0 Å². The van der Waals surface area contributed by atoms with Crippen molar-refractivity contribution in [1.82, 2.24) is 9.80 Å². The van der Waals surface area contributed by atoms with E-state index >= 15 is 0 Å². The Morgan fingerprint density at radius 2 is 0.583 bits per heavy atom. The standard InChI is InChI=1S/C44H94N4/c1-5-9-11-13-15-17-19-21-23-25-27-29-31-33-35-37-41-48(44(46,7-3)47(8-4)43-39-40-45)42-38-36-34-32-30-28-26-24-22-20-18-16-14-12-10-6-2/h5-43,45-46H2,1-4H3. The van der Waals surface area contributed by atoms with E-state index in [4.69, 9.17) is 11.5 Å². The molecular weight excluding hydrogens is 585 g/mol. The maximum absolute atomic E-state index is 7.28. The highest BCUT2D eigenvalue weighted by molar-refractivity contribution is 4.84. The summed E-state index contributed by atoms with van der Waals surface area (Å²) in [5, 5.41) is 0. The van der Waals surface area contributed by atoms with Crippen LogP contribution in [0.4, 0.5) is 0 Å². The van der Waals surface area contributed by atoms with E-state index in [1.54, 1.807) is 0 Å². The quantitative estimate of drug-likeness (QED) is 0.0499. The molecule has 0 bridgehead atoms. The van der Waals surface area contributed by atoms with Crippen molar-refractivity contribution in [2.24, 2.45) is 11.5 Å². The zero-order valence-electron chi connectivity index (χ0n) is 34.1. The van der Waals surface area contributed by atoms with Crippen LogP contribution >= 0.6 is 0 Å². The molecule has 0 aliphatic rings. The molecule has 0 amide bonds. The number of rotatable bonds is 41. The Morgan fingerprint density at radius 1 is 0.333 bits per heavy atom. The lowest BCUT2D eigenvalue weighted by Gasteiger charge is -2.48. The summed E-state index contributed by atoms with van der Waals surface area (Å²) in [6, 6.07) is 0. The lowest BCUT2D eigenvalue weighted by atomic mass is 10.0. The molecular formula is C44H94N4. The summed E-state index contributed by atoms with van der Waals surface area (Å²) in [4.78, 5) is 5.18. The van der Waals surface area contributed by atoms with Crippen LogP contribution in [0.2, 0.25) is 0 Å². The first-order chi connectivity index (χ1) is 23.6. The molecule has 0 aromatic carbocycles. The van der Waals surface area contributed by atoms with Crippen LogP contribution in [0.1, 0.15) is 246 Å². The second-order valence-corrected chi connectivity index (χ2v) is 15.5. The maximum atomic E-state index is 7.28. The molecule has 1 unspecified atom stereocenters. The zero-order valence-corrected chi connectivity index (χ0v) is 34.1. The van der Waals surface area contributed by atoms with Crippen molar-refractivity contribution >= 4 is 0 Å². The summed E-state index contributed by atoms with van der Waals surface area (Å²) < 4.78 is 0. The predicted octanol–water partition coefficient (Wildman–Crippen LogP) is 13.5. The van der Waals surface area contributed by atoms with Crippen molar-refractivity contribution in [2.45, 2.75) is 252 Å². The van der Waals surface area contributed by atoms with Crippen molar-refractivity contribution in [2.75, 3.05) is 32.7 Å². The minimum atomic E-state index is -0.338. The summed E-state index contributed by atoms with van der Waals surface area (Å²) in [7, 11) is 0. The average Bonchev–Trinajstić information content (AvgIpc) is 3.10. The SMILES string of the molecule is CCCCCCCCCCCCCCCCCCN(CCCCCCCCCCCCCCCCCC)C(N)(CC)N(CC)CCCN. The molecule has 48 heavy (non-hydrogen) atoms. The van der Waals surface area contributed by atoms with Gasteiger partial charge in [0.25, 0.3) is 0 Å². The van der Waals surface area contributed by atoms with Gasteiger partial charge < -0.3 is 11.5 Å². The largest absolute Gasteiger partial charge is 0.330 e. The molecule has 0 aliphatic heterocycles. The number of hydrogen-bond donors (Lipinski definition) is 2. The lowest BCUT2D eigenvalue weighted by Crippen LogP contribution is -2.67. The number of nitrogens with two attached hydrogens (primary N) is 2. The van der Waals surface area contributed by atoms with Gasteiger partial charge in [-0.1, -0.05) is 220 Å². The second kappa shape index (κ2) is 38.1. The average molecular weight is 679 g/mol. The van der Waals surface area contributed by atoms with Gasteiger partial charge in [0.2, 0.25) is 0 Å². The zero-order chi connectivity index (χ0) is 35.2. The van der Waals surface area contributed by atoms with E-state index in [-0.39, 0.29) is 5.79 Å². The minimum absolute atomic E-state index is 0.338. The van der Waals surface area contributed by atoms with Gasteiger partial charge in [0, 0.05) is 19.6 Å². The molecule has 0 fully saturated rings. The summed E-state index contributed by atoms with van der Waals surface area (Å²) in [6.45, 7) is 14.2. The highest BCUT2D eigenvalue weighted by Gasteiger charge is 2.35. The maximum Gasteiger partial charge on any atom is 0.125 e. The van der Waals surface area contributed by atoms with Crippen LogP contribution in [0.25, 0.3) is 0 Å². The number of unbranched alkanes of at least 4 members (excludes halogenated alkanes) is 30. The van der Waals surface area contributed by atoms with E-state index < -0.39 is 0 Å². The lowest BCUT2D eigenvalue weighted by molar-refractivity contribution is -0.0594. The van der Waals surface area contributed by atoms with Gasteiger partial charge in [-0.2, -0.15) is 0 Å². The fourth-order valence-corrected chi connectivity index (χ4v) is 7.76. The minimum Gasteiger partial charge on any atom is -0.330 e. The highest BCUT2D eigenvalue weighted by Crippen LogP contribution is 2.23. The molecule has 0 aromatic heterocycles. The third-order valence-corrected chi connectivity index (χ3v) is 11.2. The molecule has 4 nitrogen and oxygen atoms in total. The molecule has 4 heteroatoms. The van der Waals surface area contributed by atoms with Gasteiger partial charge in [0.15, 0.2) is 0 Å². The van der Waals surface area contributed by atoms with Gasteiger partial charge in [-0.3, -0.25) is 9.80 Å². The Balaban J connectivity index is 4.21. The molecule has 4 N–H and O–H groups in total. The Hall–Kier alpha value is -0.160. The molecule has 0 radical (unpaired) electrons. The van der Waals surface area contributed by atoms with Gasteiger partial charge in [-0.25, -0.2) is 0 Å². The van der Waals surface area contributed by atoms with Gasteiger partial charge in [-0.05, 0) is 38.8 Å². The van der Waals surface area contributed by atoms with Crippen LogP contribution in [0, 0.1) is 0 Å². The first-order valence-corrected chi connectivity index (χ1v) is 22.6. The van der Waals surface area contributed by atoms with E-state index in [0.717, 1.165) is 45.6 Å². The highest BCUT2D eigenvalue weighted by atomic mass is 15.5. The Labute approximate surface area is 305 Å². The number of hydrogen-bond acceptors (Lipinski definition) is 4. The first-order valence-electron chi connectivity index (χ1n) is 22.6. The van der Waals surface area contributed by atoms with Gasteiger partial charge in [-0.15, -0.1) is 0 Å². The number of nitrogens with zero attached hydrogens (tertiary/aromatic N) is 2. The summed E-state index contributed by atoms with van der Waals surface area (Å²) in [5.41, 5.74) is 13.2. The summed E-state index contributed by atoms with van der Waals surface area (Å²) in [6.07, 6.45) is 47.5. The fraction of sp³-hybridized carbons (Fsp3) is 1.00. The molecule has 0 spiro atoms. The third-order valence-electron chi connectivity index (χ3n) is 11.2. The van der Waals surface area contributed by atoms with E-state index in [1.807, 2.05) is 0 Å². The van der Waals surface area contributed by atoms with Crippen LogP contribution in [0.15, 0.2) is 0 Å². The van der Waals surface area contributed by atoms with Crippen LogP contribution in [0.5, 0.6) is 0 Å². The van der Waals surface area contributed by atoms with E-state index in [1.165, 1.54) is 205 Å². The van der Waals surface area contributed by atoms with E-state index in [0.29, 0.717) is 0 Å². The van der Waals surface area contributed by atoms with Crippen LogP contribution in [-0.2, 0) is 0 Å².